The molecule has 0 fully saturated rings. The molecule has 0 aliphatic carbocycles. The molecule has 0 saturated carbocycles. The van der Waals surface area contributed by atoms with E-state index < -0.39 is 0 Å². The average molecular weight is 306 g/mol. The Balaban J connectivity index is 2.53. The van der Waals surface area contributed by atoms with Crippen LogP contribution in [0.3, 0.4) is 0 Å². The van der Waals surface area contributed by atoms with Crippen LogP contribution in [-0.4, -0.2) is 24.4 Å². The van der Waals surface area contributed by atoms with E-state index in [9.17, 15) is 4.79 Å². The summed E-state index contributed by atoms with van der Waals surface area (Å²) in [6, 6.07) is 1.80. The maximum atomic E-state index is 11.8. The molecule has 1 amide bonds. The van der Waals surface area contributed by atoms with Crippen LogP contribution in [0, 0.1) is 5.92 Å². The fourth-order valence-corrected chi connectivity index (χ4v) is 2.07. The van der Waals surface area contributed by atoms with Crippen molar-refractivity contribution in [3.63, 3.8) is 0 Å². The molecule has 0 aromatic carbocycles. The van der Waals surface area contributed by atoms with Crippen molar-refractivity contribution in [2.75, 3.05) is 13.7 Å². The third kappa shape index (κ3) is 3.49. The molecule has 0 spiro atoms. The van der Waals surface area contributed by atoms with Crippen LogP contribution in [0.4, 0.5) is 0 Å². The van der Waals surface area contributed by atoms with Gasteiger partial charge in [-0.25, -0.2) is 0 Å². The predicted molar refractivity (Wildman–Crippen MR) is 70.8 cm³/mol. The van der Waals surface area contributed by atoms with Gasteiger partial charge in [-0.05, 0) is 17.4 Å². The summed E-state index contributed by atoms with van der Waals surface area (Å²) < 4.78 is 5.10. The van der Waals surface area contributed by atoms with Crippen molar-refractivity contribution < 1.29 is 9.53 Å². The molecule has 5 heteroatoms. The summed E-state index contributed by atoms with van der Waals surface area (Å²) in [5.74, 6) is 1.06. The lowest BCUT2D eigenvalue weighted by Crippen LogP contribution is -2.31. The summed E-state index contributed by atoms with van der Waals surface area (Å²) in [7, 11) is 1.57. The zero-order valence-corrected chi connectivity index (χ0v) is 12.0. The summed E-state index contributed by atoms with van der Waals surface area (Å²) in [4.78, 5) is 12.7. The van der Waals surface area contributed by atoms with Crippen LogP contribution in [-0.2, 0) is 0 Å². The quantitative estimate of drug-likeness (QED) is 0.850. The van der Waals surface area contributed by atoms with Gasteiger partial charge in [-0.3, -0.25) is 4.79 Å². The first-order valence-electron chi connectivity index (χ1n) is 5.10. The predicted octanol–water partition coefficient (Wildman–Crippen LogP) is 2.91. The van der Waals surface area contributed by atoms with E-state index in [4.69, 9.17) is 4.74 Å². The van der Waals surface area contributed by atoms with Crippen LogP contribution in [0.25, 0.3) is 0 Å². The minimum atomic E-state index is -0.0723. The number of ether oxygens (including phenoxy) is 1. The largest absolute Gasteiger partial charge is 0.495 e. The van der Waals surface area contributed by atoms with Crippen LogP contribution >= 0.6 is 27.3 Å². The topological polar surface area (TPSA) is 38.3 Å². The van der Waals surface area contributed by atoms with E-state index in [0.717, 1.165) is 0 Å². The van der Waals surface area contributed by atoms with Gasteiger partial charge >= 0.3 is 0 Å². The molecule has 1 aromatic heterocycles. The summed E-state index contributed by atoms with van der Waals surface area (Å²) in [6.07, 6.45) is 0. The number of rotatable bonds is 5. The van der Waals surface area contributed by atoms with Gasteiger partial charge in [0.1, 0.15) is 10.6 Å². The highest BCUT2D eigenvalue weighted by Gasteiger charge is 2.15. The summed E-state index contributed by atoms with van der Waals surface area (Å²) in [6.45, 7) is 4.84. The summed E-state index contributed by atoms with van der Waals surface area (Å²) >= 11 is 4.92. The highest BCUT2D eigenvalue weighted by molar-refractivity contribution is 9.09. The molecular formula is C11H16BrNO2S. The zero-order valence-electron chi connectivity index (χ0n) is 9.62. The van der Waals surface area contributed by atoms with Gasteiger partial charge in [0.2, 0.25) is 0 Å². The van der Waals surface area contributed by atoms with Crippen LogP contribution in [0.2, 0.25) is 0 Å². The van der Waals surface area contributed by atoms with E-state index in [2.05, 4.69) is 35.1 Å². The Morgan fingerprint density at radius 2 is 2.31 bits per heavy atom. The number of alkyl halides is 1. The first-order valence-corrected chi connectivity index (χ1v) is 6.89. The van der Waals surface area contributed by atoms with Gasteiger partial charge in [0.15, 0.2) is 0 Å². The molecule has 1 N–H and O–H groups in total. The van der Waals surface area contributed by atoms with Crippen molar-refractivity contribution in [3.8, 4) is 5.75 Å². The highest BCUT2D eigenvalue weighted by Crippen LogP contribution is 2.24. The van der Waals surface area contributed by atoms with E-state index >= 15 is 0 Å². The second-order valence-corrected chi connectivity index (χ2v) is 5.88. The van der Waals surface area contributed by atoms with Crippen LogP contribution in [0.15, 0.2) is 11.4 Å². The monoisotopic (exact) mass is 305 g/mol. The van der Waals surface area contributed by atoms with Crippen molar-refractivity contribution in [2.45, 2.75) is 18.7 Å². The average Bonchev–Trinajstić information content (AvgIpc) is 2.73. The van der Waals surface area contributed by atoms with Crippen LogP contribution in [0.5, 0.6) is 5.75 Å². The standard InChI is InChI=1S/C11H16BrNO2S/c1-7(2)8(12)6-13-11(14)10-9(15-3)4-5-16-10/h4-5,7-8H,6H2,1-3H3,(H,13,14). The molecule has 90 valence electrons. The second kappa shape index (κ2) is 6.25. The van der Waals surface area contributed by atoms with Gasteiger partial charge in [-0.15, -0.1) is 11.3 Å². The SMILES string of the molecule is COc1ccsc1C(=O)NCC(Br)C(C)C. The smallest absolute Gasteiger partial charge is 0.265 e. The molecule has 3 nitrogen and oxygen atoms in total. The summed E-state index contributed by atoms with van der Waals surface area (Å²) in [5.41, 5.74) is 0. The molecule has 0 saturated heterocycles. The Kier molecular flexibility index (Phi) is 5.28. The first kappa shape index (κ1) is 13.5. The molecule has 0 aliphatic rings. The zero-order chi connectivity index (χ0) is 12.1. The fraction of sp³-hybridized carbons (Fsp3) is 0.545. The molecular weight excluding hydrogens is 290 g/mol. The maximum Gasteiger partial charge on any atom is 0.265 e. The van der Waals surface area contributed by atoms with E-state index in [-0.39, 0.29) is 5.91 Å². The van der Waals surface area contributed by atoms with Gasteiger partial charge in [0, 0.05) is 11.4 Å². The maximum absolute atomic E-state index is 11.8. The summed E-state index contributed by atoms with van der Waals surface area (Å²) in [5, 5.41) is 4.73. The number of methoxy groups -OCH3 is 1. The molecule has 1 aromatic rings. The van der Waals surface area contributed by atoms with Gasteiger partial charge in [0.05, 0.1) is 7.11 Å². The van der Waals surface area contributed by atoms with Crippen molar-refractivity contribution in [3.05, 3.63) is 16.3 Å². The van der Waals surface area contributed by atoms with Gasteiger partial charge < -0.3 is 10.1 Å². The van der Waals surface area contributed by atoms with E-state index in [1.807, 2.05) is 5.38 Å². The Labute approximate surface area is 108 Å². The molecule has 0 aliphatic heterocycles. The van der Waals surface area contributed by atoms with Crippen molar-refractivity contribution >= 4 is 33.2 Å². The Hall–Kier alpha value is -0.550. The lowest BCUT2D eigenvalue weighted by molar-refractivity contribution is 0.0954. The Morgan fingerprint density at radius 3 is 2.88 bits per heavy atom. The Bertz CT molecular complexity index is 352. The number of thiophene rings is 1. The molecule has 16 heavy (non-hydrogen) atoms. The molecule has 0 bridgehead atoms. The lowest BCUT2D eigenvalue weighted by atomic mass is 10.1. The number of hydrogen-bond donors (Lipinski definition) is 1. The minimum absolute atomic E-state index is 0.0723. The van der Waals surface area contributed by atoms with Crippen molar-refractivity contribution in [1.82, 2.24) is 5.32 Å². The molecule has 1 rings (SSSR count). The number of carbonyl (C=O) groups excluding carboxylic acids is 1. The minimum Gasteiger partial charge on any atom is -0.495 e. The first-order chi connectivity index (χ1) is 7.56. The Morgan fingerprint density at radius 1 is 1.62 bits per heavy atom. The molecule has 1 atom stereocenters. The second-order valence-electron chi connectivity index (χ2n) is 3.79. The van der Waals surface area contributed by atoms with E-state index in [1.54, 1.807) is 13.2 Å². The van der Waals surface area contributed by atoms with Crippen molar-refractivity contribution in [1.29, 1.82) is 0 Å². The number of halogens is 1. The van der Waals surface area contributed by atoms with Gasteiger partial charge in [0.25, 0.3) is 5.91 Å². The van der Waals surface area contributed by atoms with Crippen LogP contribution in [0.1, 0.15) is 23.5 Å². The van der Waals surface area contributed by atoms with E-state index in [1.165, 1.54) is 11.3 Å². The molecule has 0 radical (unpaired) electrons. The normalized spacial score (nSPS) is 12.6. The highest BCUT2D eigenvalue weighted by atomic mass is 79.9. The lowest BCUT2D eigenvalue weighted by Gasteiger charge is -2.14. The number of carbonyl (C=O) groups is 1. The van der Waals surface area contributed by atoms with Gasteiger partial charge in [-0.2, -0.15) is 0 Å². The van der Waals surface area contributed by atoms with Crippen LogP contribution < -0.4 is 10.1 Å². The third-order valence-corrected chi connectivity index (χ3v) is 4.51. The number of amides is 1. The third-order valence-electron chi connectivity index (χ3n) is 2.24. The molecule has 1 heterocycles. The number of nitrogens with one attached hydrogen (secondary N) is 1. The molecule has 1 unspecified atom stereocenters. The van der Waals surface area contributed by atoms with E-state index in [0.29, 0.717) is 27.9 Å². The number of hydrogen-bond acceptors (Lipinski definition) is 3. The fourth-order valence-electron chi connectivity index (χ4n) is 1.13. The van der Waals surface area contributed by atoms with Crippen molar-refractivity contribution in [2.24, 2.45) is 5.92 Å². The van der Waals surface area contributed by atoms with Gasteiger partial charge in [-0.1, -0.05) is 29.8 Å².